The van der Waals surface area contributed by atoms with Crippen LogP contribution < -0.4 is 5.73 Å². The molecule has 3 unspecified atom stereocenters. The van der Waals surface area contributed by atoms with Gasteiger partial charge in [0.05, 0.1) is 12.7 Å². The van der Waals surface area contributed by atoms with E-state index < -0.39 is 0 Å². The number of morpholine rings is 1. The third-order valence-electron chi connectivity index (χ3n) is 4.57. The fraction of sp³-hybridized carbons (Fsp3) is 1.00. The number of hydrogen-bond acceptors (Lipinski definition) is 4. The minimum absolute atomic E-state index is 0.258. The van der Waals surface area contributed by atoms with Crippen molar-refractivity contribution in [1.29, 1.82) is 0 Å². The van der Waals surface area contributed by atoms with E-state index in [9.17, 15) is 0 Å². The Kier molecular flexibility index (Phi) is 3.39. The van der Waals surface area contributed by atoms with Gasteiger partial charge in [-0.2, -0.15) is 0 Å². The molecule has 3 aliphatic rings. The lowest BCUT2D eigenvalue weighted by molar-refractivity contribution is -0.0369. The minimum Gasteiger partial charge on any atom is -0.374 e. The second-order valence-corrected chi connectivity index (χ2v) is 5.89. The summed E-state index contributed by atoms with van der Waals surface area (Å²) in [6.07, 6.45) is 4.43. The predicted molar refractivity (Wildman–Crippen MR) is 68.0 cm³/mol. The average molecular weight is 239 g/mol. The number of nitrogens with zero attached hydrogens (tertiary/aromatic N) is 2. The van der Waals surface area contributed by atoms with Crippen LogP contribution in [-0.2, 0) is 4.74 Å². The zero-order chi connectivity index (χ0) is 11.8. The lowest BCUT2D eigenvalue weighted by Gasteiger charge is -2.36. The summed E-state index contributed by atoms with van der Waals surface area (Å²) in [6.45, 7) is 7.29. The van der Waals surface area contributed by atoms with E-state index in [2.05, 4.69) is 16.7 Å². The molecule has 98 valence electrons. The fourth-order valence-electron chi connectivity index (χ4n) is 3.42. The number of likely N-dealkylation sites (tertiary alicyclic amines) is 1. The van der Waals surface area contributed by atoms with Gasteiger partial charge in [-0.15, -0.1) is 0 Å². The summed E-state index contributed by atoms with van der Waals surface area (Å²) in [4.78, 5) is 5.33. The molecular formula is C13H25N3O. The monoisotopic (exact) mass is 239 g/mol. The Morgan fingerprint density at radius 3 is 2.76 bits per heavy atom. The van der Waals surface area contributed by atoms with E-state index in [0.29, 0.717) is 6.54 Å². The summed E-state index contributed by atoms with van der Waals surface area (Å²) in [5.41, 5.74) is 5.71. The molecule has 2 N–H and O–H groups in total. The maximum Gasteiger partial charge on any atom is 0.0824 e. The summed E-state index contributed by atoms with van der Waals surface area (Å²) < 4.78 is 5.65. The van der Waals surface area contributed by atoms with Gasteiger partial charge in [0.25, 0.3) is 0 Å². The molecule has 2 aliphatic heterocycles. The molecule has 3 rings (SSSR count). The van der Waals surface area contributed by atoms with Gasteiger partial charge >= 0.3 is 0 Å². The molecule has 1 aliphatic carbocycles. The molecule has 1 saturated carbocycles. The number of ether oxygens (including phenoxy) is 1. The van der Waals surface area contributed by atoms with Crippen molar-refractivity contribution in [3.8, 4) is 0 Å². The smallest absolute Gasteiger partial charge is 0.0824 e. The largest absolute Gasteiger partial charge is 0.374 e. The summed E-state index contributed by atoms with van der Waals surface area (Å²) in [7, 11) is 0. The van der Waals surface area contributed by atoms with Crippen LogP contribution in [0, 0.1) is 0 Å². The van der Waals surface area contributed by atoms with Gasteiger partial charge in [-0.05, 0) is 26.2 Å². The Balaban J connectivity index is 1.57. The molecule has 2 heterocycles. The average Bonchev–Trinajstić information content (AvgIpc) is 3.13. The highest BCUT2D eigenvalue weighted by Gasteiger charge is 2.41. The van der Waals surface area contributed by atoms with E-state index >= 15 is 0 Å². The Morgan fingerprint density at radius 2 is 2.06 bits per heavy atom. The molecule has 0 aromatic carbocycles. The molecule has 3 atom stereocenters. The first-order valence-electron chi connectivity index (χ1n) is 7.09. The Hall–Kier alpha value is -0.160. The van der Waals surface area contributed by atoms with Gasteiger partial charge in [0.2, 0.25) is 0 Å². The first kappa shape index (κ1) is 11.9. The van der Waals surface area contributed by atoms with Crippen LogP contribution in [-0.4, -0.2) is 66.8 Å². The van der Waals surface area contributed by atoms with Crippen LogP contribution >= 0.6 is 0 Å². The minimum atomic E-state index is 0.258. The number of rotatable bonds is 3. The van der Waals surface area contributed by atoms with Crippen LogP contribution in [0.5, 0.6) is 0 Å². The quantitative estimate of drug-likeness (QED) is 0.768. The molecule has 4 nitrogen and oxygen atoms in total. The van der Waals surface area contributed by atoms with E-state index in [0.717, 1.165) is 37.8 Å². The third-order valence-corrected chi connectivity index (χ3v) is 4.57. The summed E-state index contributed by atoms with van der Waals surface area (Å²) in [5.74, 6) is 0. The van der Waals surface area contributed by atoms with Gasteiger partial charge in [0.1, 0.15) is 0 Å². The van der Waals surface area contributed by atoms with Gasteiger partial charge in [0.15, 0.2) is 0 Å². The van der Waals surface area contributed by atoms with E-state index in [1.165, 1.54) is 25.8 Å². The molecule has 0 amide bonds. The standard InChI is InChI=1S/C13H25N3O/c1-10-6-12(8-16(10)11-2-3-11)15-4-5-17-13(7-14)9-15/h10-13H,2-9,14H2,1H3. The van der Waals surface area contributed by atoms with Crippen molar-refractivity contribution in [2.45, 2.75) is 50.4 Å². The maximum absolute atomic E-state index is 5.71. The van der Waals surface area contributed by atoms with Crippen LogP contribution in [0.2, 0.25) is 0 Å². The summed E-state index contributed by atoms with van der Waals surface area (Å²) in [5, 5.41) is 0. The SMILES string of the molecule is CC1CC(N2CCOC(CN)C2)CN1C1CC1. The molecule has 2 saturated heterocycles. The molecule has 0 radical (unpaired) electrons. The van der Waals surface area contributed by atoms with Crippen LogP contribution in [0.1, 0.15) is 26.2 Å². The summed E-state index contributed by atoms with van der Waals surface area (Å²) >= 11 is 0. The second-order valence-electron chi connectivity index (χ2n) is 5.89. The van der Waals surface area contributed by atoms with E-state index in [4.69, 9.17) is 10.5 Å². The van der Waals surface area contributed by atoms with Gasteiger partial charge in [-0.1, -0.05) is 0 Å². The van der Waals surface area contributed by atoms with Gasteiger partial charge in [0, 0.05) is 44.3 Å². The lowest BCUT2D eigenvalue weighted by Crippen LogP contribution is -2.50. The van der Waals surface area contributed by atoms with Crippen molar-refractivity contribution in [3.05, 3.63) is 0 Å². The molecule has 4 heteroatoms. The van der Waals surface area contributed by atoms with Gasteiger partial charge in [-0.3, -0.25) is 9.80 Å². The molecule has 0 spiro atoms. The highest BCUT2D eigenvalue weighted by Crippen LogP contribution is 2.34. The highest BCUT2D eigenvalue weighted by molar-refractivity contribution is 4.97. The Bertz CT molecular complexity index is 269. The van der Waals surface area contributed by atoms with E-state index in [1.54, 1.807) is 0 Å². The normalized spacial score (nSPS) is 40.9. The number of nitrogens with two attached hydrogens (primary N) is 1. The molecule has 3 fully saturated rings. The third kappa shape index (κ3) is 2.50. The van der Waals surface area contributed by atoms with Crippen molar-refractivity contribution >= 4 is 0 Å². The highest BCUT2D eigenvalue weighted by atomic mass is 16.5. The van der Waals surface area contributed by atoms with Crippen molar-refractivity contribution < 1.29 is 4.74 Å². The van der Waals surface area contributed by atoms with Crippen molar-refractivity contribution in [3.63, 3.8) is 0 Å². The second kappa shape index (κ2) is 4.84. The molecule has 0 bridgehead atoms. The first-order chi connectivity index (χ1) is 8.28. The van der Waals surface area contributed by atoms with Crippen LogP contribution in [0.25, 0.3) is 0 Å². The number of hydrogen-bond donors (Lipinski definition) is 1. The summed E-state index contributed by atoms with van der Waals surface area (Å²) in [6, 6.07) is 2.41. The van der Waals surface area contributed by atoms with Gasteiger partial charge in [-0.25, -0.2) is 0 Å². The molecular weight excluding hydrogens is 214 g/mol. The Morgan fingerprint density at radius 1 is 1.24 bits per heavy atom. The molecule has 0 aromatic heterocycles. The van der Waals surface area contributed by atoms with E-state index in [-0.39, 0.29) is 6.10 Å². The van der Waals surface area contributed by atoms with Crippen molar-refractivity contribution in [2.24, 2.45) is 5.73 Å². The van der Waals surface area contributed by atoms with Crippen molar-refractivity contribution in [2.75, 3.05) is 32.8 Å². The molecule has 0 aromatic rings. The van der Waals surface area contributed by atoms with E-state index in [1.807, 2.05) is 0 Å². The molecule has 17 heavy (non-hydrogen) atoms. The fourth-order valence-corrected chi connectivity index (χ4v) is 3.42. The predicted octanol–water partition coefficient (Wildman–Crippen LogP) is 0.271. The van der Waals surface area contributed by atoms with Crippen molar-refractivity contribution in [1.82, 2.24) is 9.80 Å². The zero-order valence-electron chi connectivity index (χ0n) is 10.8. The van der Waals surface area contributed by atoms with Crippen LogP contribution in [0.4, 0.5) is 0 Å². The van der Waals surface area contributed by atoms with Crippen LogP contribution in [0.15, 0.2) is 0 Å². The van der Waals surface area contributed by atoms with Gasteiger partial charge < -0.3 is 10.5 Å². The lowest BCUT2D eigenvalue weighted by atomic mass is 10.1. The Labute approximate surface area is 104 Å². The van der Waals surface area contributed by atoms with Crippen LogP contribution in [0.3, 0.4) is 0 Å². The maximum atomic E-state index is 5.71. The topological polar surface area (TPSA) is 41.7 Å². The zero-order valence-corrected chi connectivity index (χ0v) is 10.8. The first-order valence-corrected chi connectivity index (χ1v) is 7.09.